The van der Waals surface area contributed by atoms with E-state index in [9.17, 15) is 70.9 Å². The molecule has 0 radical (unpaired) electrons. The number of hydrogen-bond donors (Lipinski definition) is 17. The second-order valence-corrected chi connectivity index (χ2v) is 35.0. The number of aliphatic carboxylic acids is 1. The molecule has 7 aromatic rings. The quantitative estimate of drug-likeness (QED) is 0.0278. The molecule has 8 heterocycles. The van der Waals surface area contributed by atoms with E-state index in [1.807, 2.05) is 4.90 Å². The number of halogens is 2. The molecule has 8 aliphatic rings. The lowest BCUT2D eigenvalue weighted by Crippen LogP contribution is -2.60. The van der Waals surface area contributed by atoms with Gasteiger partial charge in [-0.05, 0) is 172 Å². The van der Waals surface area contributed by atoms with Gasteiger partial charge in [0.15, 0.2) is 40.7 Å². The number of benzene rings is 7. The van der Waals surface area contributed by atoms with Gasteiger partial charge >= 0.3 is 5.97 Å². The lowest BCUT2D eigenvalue weighted by molar-refractivity contribution is -0.277. The number of aromatic hydroxyl groups is 4. The fraction of sp³-hybridized carbons (Fsp3) is 0.446. The molecule has 18 atom stereocenters. The van der Waals surface area contributed by atoms with Crippen molar-refractivity contribution in [3.05, 3.63) is 164 Å². The van der Waals surface area contributed by atoms with Crippen LogP contribution in [-0.2, 0) is 59.0 Å². The van der Waals surface area contributed by atoms with Crippen molar-refractivity contribution >= 4 is 76.1 Å². The van der Waals surface area contributed by atoms with Gasteiger partial charge in [-0.3, -0.25) is 43.3 Å². The van der Waals surface area contributed by atoms with Gasteiger partial charge in [0.2, 0.25) is 47.9 Å². The predicted molar refractivity (Wildman–Crippen MR) is 461 cm³/mol. The number of phenols is 4. The minimum absolute atomic E-state index is 0.0249. The van der Waals surface area contributed by atoms with Gasteiger partial charge in [0.05, 0.1) is 46.6 Å². The van der Waals surface area contributed by atoms with Gasteiger partial charge in [-0.2, -0.15) is 0 Å². The summed E-state index contributed by atoms with van der Waals surface area (Å²) in [5, 5.41) is 151. The monoisotopic (exact) mass is 1830 g/mol. The highest BCUT2D eigenvalue weighted by molar-refractivity contribution is 6.33. The maximum atomic E-state index is 17.0. The van der Waals surface area contributed by atoms with E-state index in [1.165, 1.54) is 65.6 Å². The third kappa shape index (κ3) is 21.8. The molecule has 0 aliphatic carbocycles. The second-order valence-electron chi connectivity index (χ2n) is 34.2. The van der Waals surface area contributed by atoms with E-state index in [4.69, 9.17) is 56.4 Å². The highest BCUT2D eigenvalue weighted by Crippen LogP contribution is 2.52. The van der Waals surface area contributed by atoms with Crippen LogP contribution < -0.4 is 50.3 Å². The molecule has 0 spiro atoms. The number of phenolic OH excluding ortho intramolecular Hbond substituents is 4. The summed E-state index contributed by atoms with van der Waals surface area (Å²) in [4.78, 5) is 143. The van der Waals surface area contributed by atoms with E-state index in [2.05, 4.69) is 40.4 Å². The van der Waals surface area contributed by atoms with Crippen molar-refractivity contribution in [3.63, 3.8) is 0 Å². The predicted octanol–water partition coefficient (Wildman–Crippen LogP) is 7.37. The molecule has 690 valence electrons. The highest BCUT2D eigenvalue weighted by atomic mass is 35.5. The summed E-state index contributed by atoms with van der Waals surface area (Å²) in [5.74, 6) is -21.2. The minimum Gasteiger partial charge on any atom is -0.508 e. The molecule has 37 heteroatoms. The van der Waals surface area contributed by atoms with Crippen molar-refractivity contribution in [3.8, 4) is 80.1 Å². The van der Waals surface area contributed by atoms with Crippen LogP contribution in [0.4, 0.5) is 0 Å². The van der Waals surface area contributed by atoms with Crippen LogP contribution in [0, 0.1) is 11.8 Å². The number of carbonyl (C=O) groups excluding carboxylic acids is 8. The smallest absolute Gasteiger partial charge is 0.335 e. The van der Waals surface area contributed by atoms with E-state index in [0.29, 0.717) is 37.3 Å². The molecule has 15 rings (SSSR count). The zero-order valence-corrected chi connectivity index (χ0v) is 72.8. The fourth-order valence-corrected chi connectivity index (χ4v) is 17.4. The number of likely N-dealkylation sites (N-methyl/N-ethyl adjacent to an activating group) is 1. The fourth-order valence-electron chi connectivity index (χ4n) is 16.9. The Morgan fingerprint density at radius 3 is 1.93 bits per heavy atom. The number of ketones is 3. The van der Waals surface area contributed by atoms with Crippen molar-refractivity contribution in [1.29, 1.82) is 0 Å². The molecule has 0 saturated carbocycles. The number of ether oxygens (including phenoxy) is 7. The molecule has 17 N–H and O–H groups in total. The molecule has 0 aromatic heterocycles. The number of aliphatic hydroxyl groups is 7. The van der Waals surface area contributed by atoms with Crippen LogP contribution in [0.1, 0.15) is 166 Å². The molecular weight excluding hydrogens is 1720 g/mol. The molecule has 2 saturated heterocycles. The van der Waals surface area contributed by atoms with E-state index >= 15 is 33.6 Å². The standard InChI is InChI=1S/C92H105Cl2N7O28/c1-42(2)14-11-9-7-8-10-12-15-48(103)34-57-78(111)81(114)84(90(121)122)129-91(57)128-83-68-32-47-33-69(83)125-65-25-20-46(30-58(65)93)77(110)75-88(119)98-74(87(118)95-26-13-27-100(3)4)56-35-49(104)36-67(126-92-82(115)80(113)79(112)70(41-102)127-92)71(56)55-29-44(18-23-60(55)105)52(85(116)99-75)39-64(109)73(47)97-86(117)54-40-62(107)59(28-43-16-21-50(123-68)22-17-43)96-89(120)76(101(5)6)45-19-24-61(106)66(31-45)124-51-37-53(54)72(94)63(108)38-51/h16-25,29-33,35-38,42,52,54,57,59,70,73-82,84,91-92,102,104-106,108,110-115H,7-15,26-28,34,39-41H2,1-6H3,(H,95,118)(H,96,120)(H,97,117)(H,98,119)(H,99,116)(H,121,122)/t52-,54+,57-,59-,70-,73-,74+,75+,76-,77-,78-,79-,80+,81+,82+,84+,91-,92+/m1/s1. The summed E-state index contributed by atoms with van der Waals surface area (Å²) in [6.07, 6.45) is -17.6. The number of amides is 5. The first kappa shape index (κ1) is 95.3. The Balaban J connectivity index is 1.04. The Hall–Kier alpha value is -11.3. The molecule has 7 aromatic carbocycles. The summed E-state index contributed by atoms with van der Waals surface area (Å²) in [5.41, 5.74) is -2.01. The summed E-state index contributed by atoms with van der Waals surface area (Å²) in [6, 6.07) is 13.7. The Kier molecular flexibility index (Phi) is 30.4. The molecule has 0 unspecified atom stereocenters. The van der Waals surface area contributed by atoms with E-state index < -0.39 is 266 Å². The summed E-state index contributed by atoms with van der Waals surface area (Å²) in [7, 11) is 6.70. The normalized spacial score (nSPS) is 25.9. The molecule has 35 nitrogen and oxygen atoms in total. The van der Waals surface area contributed by atoms with Gasteiger partial charge in [-0.25, -0.2) is 4.79 Å². The zero-order valence-electron chi connectivity index (χ0n) is 71.3. The van der Waals surface area contributed by atoms with Crippen molar-refractivity contribution in [2.45, 2.75) is 201 Å². The van der Waals surface area contributed by atoms with Gasteiger partial charge in [-0.1, -0.05) is 106 Å². The second kappa shape index (κ2) is 41.2. The molecule has 5 amide bonds. The van der Waals surface area contributed by atoms with Crippen molar-refractivity contribution < 1.29 is 138 Å². The van der Waals surface area contributed by atoms with Crippen LogP contribution in [0.15, 0.2) is 115 Å². The number of fused-ring (bicyclic) bond motifs is 14. The first-order valence-electron chi connectivity index (χ1n) is 42.5. The number of nitrogens with zero attached hydrogens (tertiary/aromatic N) is 2. The lowest BCUT2D eigenvalue weighted by atomic mass is 9.84. The maximum Gasteiger partial charge on any atom is 0.335 e. The zero-order chi connectivity index (χ0) is 92.8. The van der Waals surface area contributed by atoms with E-state index in [-0.39, 0.29) is 64.6 Å². The first-order chi connectivity index (χ1) is 61.4. The summed E-state index contributed by atoms with van der Waals surface area (Å²) < 4.78 is 44.9. The third-order valence-electron chi connectivity index (χ3n) is 23.9. The molecular formula is C92H105Cl2N7O28. The van der Waals surface area contributed by atoms with Crippen LogP contribution in [0.3, 0.4) is 0 Å². The lowest BCUT2D eigenvalue weighted by Gasteiger charge is -2.41. The van der Waals surface area contributed by atoms with Crippen molar-refractivity contribution in [2.24, 2.45) is 11.8 Å². The number of carbonyl (C=O) groups is 9. The SMILES string of the molecule is CC(C)CCCCCCCCC(=O)C[C@H]1[C@H](Oc2c3cc4cc2Oc2ccc(cc2Cl)[C@@H](O)[C@@H]2NC(=O)[C@H](CC(=O)[C@@H]4NC(=O)[C@H]4CC(=O)[C@@H](Cc5ccc(cc5)O3)NC(=O)[C@H](N(C)C)c3ccc(O)c(c3)Oc3cc(O)c(Cl)c4c3)c3ccc(O)c(c3)-c3c(O[C@H]4O[C@H](CO)[C@@H](O)[C@H](O)[C@@H]4O)cc(O)cc3[C@@H](C(=O)NCCCN(C)C)NC2=O)O[C@H](C(=O)O)[C@@H](O)[C@@H]1O. The number of carboxylic acids is 1. The number of hydrogen-bond acceptors (Lipinski definition) is 29. The Morgan fingerprint density at radius 1 is 0.566 bits per heavy atom. The third-order valence-corrected chi connectivity index (χ3v) is 24.6. The number of rotatable bonds is 23. The highest BCUT2D eigenvalue weighted by Gasteiger charge is 2.52. The largest absolute Gasteiger partial charge is 0.508 e. The molecule has 129 heavy (non-hydrogen) atoms. The van der Waals surface area contributed by atoms with Gasteiger partial charge < -0.3 is 126 Å². The van der Waals surface area contributed by atoms with Gasteiger partial charge in [0.1, 0.15) is 107 Å². The van der Waals surface area contributed by atoms with Gasteiger partial charge in [-0.15, -0.1) is 0 Å². The summed E-state index contributed by atoms with van der Waals surface area (Å²) >= 11 is 14.4. The van der Waals surface area contributed by atoms with Crippen LogP contribution >= 0.6 is 23.2 Å². The molecule has 17 bridgehead atoms. The number of unbranched alkanes of at least 4 members (excludes halogenated alkanes) is 5. The van der Waals surface area contributed by atoms with Crippen LogP contribution in [-0.4, -0.2) is 239 Å². The van der Waals surface area contributed by atoms with Gasteiger partial charge in [0, 0.05) is 55.5 Å². The molecule has 8 aliphatic heterocycles. The average Bonchev–Trinajstić information content (AvgIpc) is 0.759. The molecule has 2 fully saturated rings. The van der Waals surface area contributed by atoms with Crippen LogP contribution in [0.25, 0.3) is 11.1 Å². The topological polar surface area (TPSA) is 528 Å². The minimum atomic E-state index is -2.30. The Bertz CT molecular complexity index is 5370. The van der Waals surface area contributed by atoms with Crippen LogP contribution in [0.2, 0.25) is 10.0 Å². The first-order valence-corrected chi connectivity index (χ1v) is 43.3. The van der Waals surface area contributed by atoms with Crippen LogP contribution in [0.5, 0.6) is 69.0 Å². The number of Topliss-reactive ketones (excluding diaryl/α,β-unsaturated/α-hetero) is 3. The number of carboxylic acid groups (broad SMARTS) is 1. The Labute approximate surface area is 751 Å². The van der Waals surface area contributed by atoms with Gasteiger partial charge in [0.25, 0.3) is 0 Å². The average molecular weight is 1830 g/mol. The van der Waals surface area contributed by atoms with E-state index in [1.54, 1.807) is 28.2 Å². The van der Waals surface area contributed by atoms with E-state index in [0.717, 1.165) is 86.7 Å². The number of nitrogens with one attached hydrogen (secondary N) is 5. The maximum absolute atomic E-state index is 17.0. The number of aliphatic hydroxyl groups excluding tert-OH is 7. The van der Waals surface area contributed by atoms with Crippen molar-refractivity contribution in [1.82, 2.24) is 36.4 Å². The van der Waals surface area contributed by atoms with Crippen molar-refractivity contribution in [2.75, 3.05) is 47.9 Å². The summed E-state index contributed by atoms with van der Waals surface area (Å²) in [6.45, 7) is 3.67. The Morgan fingerprint density at radius 2 is 1.23 bits per heavy atom.